The fraction of sp³-hybridized carbons (Fsp3) is 0.381. The first kappa shape index (κ1) is 18.6. The number of nitrogens with one attached hydrogen (secondary N) is 1. The van der Waals surface area contributed by atoms with Gasteiger partial charge in [-0.15, -0.1) is 0 Å². The highest BCUT2D eigenvalue weighted by molar-refractivity contribution is 6.04. The van der Waals surface area contributed by atoms with Gasteiger partial charge in [0.05, 0.1) is 30.7 Å². The molecule has 2 aliphatic rings. The van der Waals surface area contributed by atoms with Crippen LogP contribution in [0.25, 0.3) is 0 Å². The van der Waals surface area contributed by atoms with E-state index < -0.39 is 5.79 Å². The first-order chi connectivity index (χ1) is 13.5. The number of rotatable bonds is 4. The zero-order valence-electron chi connectivity index (χ0n) is 15.8. The fourth-order valence-electron chi connectivity index (χ4n) is 3.61. The number of aromatic nitrogens is 1. The van der Waals surface area contributed by atoms with Gasteiger partial charge in [-0.05, 0) is 37.3 Å². The second kappa shape index (κ2) is 7.69. The van der Waals surface area contributed by atoms with Crippen LogP contribution in [-0.2, 0) is 9.47 Å². The summed E-state index contributed by atoms with van der Waals surface area (Å²) < 4.78 is 11.5. The van der Waals surface area contributed by atoms with Crippen molar-refractivity contribution in [3.05, 3.63) is 53.9 Å². The van der Waals surface area contributed by atoms with Gasteiger partial charge in [0.2, 0.25) is 0 Å². The number of nitrogens with zero attached hydrogens (tertiary/aromatic N) is 2. The number of ether oxygens (including phenoxy) is 2. The van der Waals surface area contributed by atoms with E-state index in [4.69, 9.17) is 9.47 Å². The maximum Gasteiger partial charge on any atom is 0.257 e. The largest absolute Gasteiger partial charge is 0.370 e. The third-order valence-corrected chi connectivity index (χ3v) is 5.24. The molecule has 4 rings (SSSR count). The molecule has 2 fully saturated rings. The van der Waals surface area contributed by atoms with E-state index in [1.54, 1.807) is 36.7 Å². The van der Waals surface area contributed by atoms with Crippen molar-refractivity contribution in [1.82, 2.24) is 4.98 Å². The zero-order valence-corrected chi connectivity index (χ0v) is 15.8. The van der Waals surface area contributed by atoms with Crippen molar-refractivity contribution in [2.45, 2.75) is 25.6 Å². The van der Waals surface area contributed by atoms with Crippen molar-refractivity contribution >= 4 is 23.1 Å². The molecule has 0 radical (unpaired) electrons. The summed E-state index contributed by atoms with van der Waals surface area (Å²) in [5.74, 6) is -0.669. The van der Waals surface area contributed by atoms with E-state index in [9.17, 15) is 9.59 Å². The molecule has 3 heterocycles. The molecule has 7 heteroatoms. The molecule has 1 spiro atoms. The van der Waals surface area contributed by atoms with E-state index in [0.29, 0.717) is 30.0 Å². The van der Waals surface area contributed by atoms with Crippen LogP contribution in [0.2, 0.25) is 0 Å². The number of hydrogen-bond acceptors (Lipinski definition) is 6. The van der Waals surface area contributed by atoms with E-state index in [1.165, 1.54) is 6.92 Å². The van der Waals surface area contributed by atoms with Crippen molar-refractivity contribution in [2.24, 2.45) is 0 Å². The molecule has 1 amide bonds. The lowest BCUT2D eigenvalue weighted by molar-refractivity contribution is -0.169. The first-order valence-corrected chi connectivity index (χ1v) is 9.45. The molecular formula is C21H23N3O4. The highest BCUT2D eigenvalue weighted by Crippen LogP contribution is 2.33. The molecule has 1 N–H and O–H groups in total. The van der Waals surface area contributed by atoms with Gasteiger partial charge in [0.25, 0.3) is 5.91 Å². The smallest absolute Gasteiger partial charge is 0.257 e. The molecule has 1 aromatic heterocycles. The normalized spacial score (nSPS) is 18.2. The number of carbonyl (C=O) groups excluding carboxylic acids is 2. The molecule has 0 atom stereocenters. The second-order valence-corrected chi connectivity index (χ2v) is 7.11. The van der Waals surface area contributed by atoms with Crippen LogP contribution in [0.4, 0.5) is 11.4 Å². The summed E-state index contributed by atoms with van der Waals surface area (Å²) in [6.07, 6.45) is 4.92. The third-order valence-electron chi connectivity index (χ3n) is 5.24. The minimum absolute atomic E-state index is 0.00788. The number of anilines is 2. The predicted molar refractivity (Wildman–Crippen MR) is 105 cm³/mol. The topological polar surface area (TPSA) is 80.8 Å². The molecule has 1 aromatic carbocycles. The van der Waals surface area contributed by atoms with E-state index >= 15 is 0 Å². The minimum Gasteiger partial charge on any atom is -0.370 e. The van der Waals surface area contributed by atoms with Gasteiger partial charge in [0.1, 0.15) is 0 Å². The van der Waals surface area contributed by atoms with Crippen LogP contribution in [0.5, 0.6) is 0 Å². The number of carbonyl (C=O) groups is 2. The summed E-state index contributed by atoms with van der Waals surface area (Å²) in [4.78, 5) is 30.4. The Bertz CT molecular complexity index is 865. The zero-order chi connectivity index (χ0) is 19.6. The van der Waals surface area contributed by atoms with E-state index in [2.05, 4.69) is 15.2 Å². The molecule has 0 unspecified atom stereocenters. The molecule has 7 nitrogen and oxygen atoms in total. The molecule has 0 bridgehead atoms. The van der Waals surface area contributed by atoms with Crippen molar-refractivity contribution < 1.29 is 19.1 Å². The lowest BCUT2D eigenvalue weighted by atomic mass is 10.0. The van der Waals surface area contributed by atoms with Gasteiger partial charge in [-0.2, -0.15) is 0 Å². The van der Waals surface area contributed by atoms with Gasteiger partial charge in [-0.3, -0.25) is 14.6 Å². The molecule has 2 saturated heterocycles. The Kier molecular flexibility index (Phi) is 5.11. The lowest BCUT2D eigenvalue weighted by Crippen LogP contribution is -2.45. The Morgan fingerprint density at radius 3 is 2.36 bits per heavy atom. The maximum absolute atomic E-state index is 12.6. The Balaban J connectivity index is 1.41. The average molecular weight is 381 g/mol. The number of hydrogen-bond donors (Lipinski definition) is 1. The van der Waals surface area contributed by atoms with Crippen LogP contribution in [0.1, 0.15) is 40.5 Å². The Hall–Kier alpha value is -2.77. The molecule has 0 aliphatic carbocycles. The average Bonchev–Trinajstić information content (AvgIpc) is 3.17. The lowest BCUT2D eigenvalue weighted by Gasteiger charge is -2.38. The second-order valence-electron chi connectivity index (χ2n) is 7.11. The molecule has 28 heavy (non-hydrogen) atoms. The Morgan fingerprint density at radius 1 is 1.04 bits per heavy atom. The summed E-state index contributed by atoms with van der Waals surface area (Å²) in [6.45, 7) is 4.41. The van der Waals surface area contributed by atoms with Crippen LogP contribution in [0, 0.1) is 0 Å². The van der Waals surface area contributed by atoms with Crippen molar-refractivity contribution in [3.63, 3.8) is 0 Å². The highest BCUT2D eigenvalue weighted by atomic mass is 16.7. The van der Waals surface area contributed by atoms with Crippen molar-refractivity contribution in [3.8, 4) is 0 Å². The quantitative estimate of drug-likeness (QED) is 0.821. The van der Waals surface area contributed by atoms with Crippen LogP contribution in [-0.4, -0.2) is 48.8 Å². The number of ketones is 1. The Labute approximate surface area is 163 Å². The van der Waals surface area contributed by atoms with Crippen molar-refractivity contribution in [2.75, 3.05) is 36.5 Å². The van der Waals surface area contributed by atoms with Crippen LogP contribution < -0.4 is 10.2 Å². The minimum atomic E-state index is -0.426. The molecular weight excluding hydrogens is 358 g/mol. The van der Waals surface area contributed by atoms with E-state index in [1.807, 2.05) is 6.07 Å². The highest BCUT2D eigenvalue weighted by Gasteiger charge is 2.39. The van der Waals surface area contributed by atoms with Gasteiger partial charge in [0.15, 0.2) is 11.6 Å². The van der Waals surface area contributed by atoms with E-state index in [0.717, 1.165) is 31.6 Å². The number of benzene rings is 1. The number of piperidine rings is 1. The summed E-state index contributed by atoms with van der Waals surface area (Å²) in [6, 6.07) is 8.68. The summed E-state index contributed by atoms with van der Waals surface area (Å²) in [5, 5.41) is 2.85. The number of pyridine rings is 1. The van der Waals surface area contributed by atoms with Gasteiger partial charge < -0.3 is 19.7 Å². The molecule has 2 aliphatic heterocycles. The van der Waals surface area contributed by atoms with Gasteiger partial charge in [-0.1, -0.05) is 0 Å². The maximum atomic E-state index is 12.6. The van der Waals surface area contributed by atoms with E-state index in [-0.39, 0.29) is 11.7 Å². The SMILES string of the molecule is CC(=O)c1ccc(NC(=O)c2cncc(N3CCC4(CC3)OCCO4)c2)cc1. The van der Waals surface area contributed by atoms with Gasteiger partial charge >= 0.3 is 0 Å². The molecule has 146 valence electrons. The number of amides is 1. The van der Waals surface area contributed by atoms with Crippen LogP contribution in [0.15, 0.2) is 42.7 Å². The standard InChI is InChI=1S/C21H23N3O4/c1-15(25)16-2-4-18(5-3-16)23-20(26)17-12-19(14-22-13-17)24-8-6-21(7-9-24)27-10-11-28-21/h2-5,12-14H,6-11H2,1H3,(H,23,26). The van der Waals surface area contributed by atoms with Crippen LogP contribution >= 0.6 is 0 Å². The fourth-order valence-corrected chi connectivity index (χ4v) is 3.61. The van der Waals surface area contributed by atoms with Crippen molar-refractivity contribution in [1.29, 1.82) is 0 Å². The molecule has 0 saturated carbocycles. The van der Waals surface area contributed by atoms with Crippen LogP contribution in [0.3, 0.4) is 0 Å². The summed E-state index contributed by atoms with van der Waals surface area (Å²) in [7, 11) is 0. The first-order valence-electron chi connectivity index (χ1n) is 9.45. The monoisotopic (exact) mass is 381 g/mol. The predicted octanol–water partition coefficient (Wildman–Crippen LogP) is 2.88. The summed E-state index contributed by atoms with van der Waals surface area (Å²) >= 11 is 0. The molecule has 2 aromatic rings. The van der Waals surface area contributed by atoms with Gasteiger partial charge in [-0.25, -0.2) is 0 Å². The third kappa shape index (κ3) is 3.90. The number of Topliss-reactive ketones (excluding diaryl/α,β-unsaturated/α-hetero) is 1. The van der Waals surface area contributed by atoms with Gasteiger partial charge in [0, 0.05) is 43.4 Å². The summed E-state index contributed by atoms with van der Waals surface area (Å²) in [5.41, 5.74) is 2.64. The Morgan fingerprint density at radius 2 is 1.71 bits per heavy atom.